The van der Waals surface area contributed by atoms with Crippen molar-refractivity contribution in [2.75, 3.05) is 32.8 Å². The molecule has 5 aromatic heterocycles. The maximum atomic E-state index is 12.8. The molecule has 7 rings (SSSR count). The van der Waals surface area contributed by atoms with Gasteiger partial charge in [0.1, 0.15) is 11.1 Å². The van der Waals surface area contributed by atoms with Crippen molar-refractivity contribution in [3.63, 3.8) is 0 Å². The molecule has 22 heteroatoms. The minimum atomic E-state index is -0.658. The number of nitrogens with two attached hydrogens (primary N) is 2. The molecule has 57 heavy (non-hydrogen) atoms. The highest BCUT2D eigenvalue weighted by atomic mass is 16.5. The zero-order chi connectivity index (χ0) is 40.4. The molecule has 0 saturated carbocycles. The first-order chi connectivity index (χ1) is 27.5. The van der Waals surface area contributed by atoms with E-state index in [0.717, 1.165) is 0 Å². The lowest BCUT2D eigenvalue weighted by Crippen LogP contribution is -2.14. The number of ether oxygens (including phenoxy) is 3. The first kappa shape index (κ1) is 37.2. The Kier molecular flexibility index (Phi) is 9.97. The Balaban J connectivity index is 1.26. The molecule has 288 valence electrons. The van der Waals surface area contributed by atoms with Gasteiger partial charge in [-0.1, -0.05) is 36.4 Å². The highest BCUT2D eigenvalue weighted by molar-refractivity contribution is 5.95. The molecule has 22 nitrogen and oxygen atoms in total. The summed E-state index contributed by atoms with van der Waals surface area (Å²) in [5, 5.41) is 35.3. The second-order valence-electron chi connectivity index (χ2n) is 11.9. The Morgan fingerprint density at radius 1 is 0.596 bits per heavy atom. The van der Waals surface area contributed by atoms with Crippen molar-refractivity contribution in [1.82, 2.24) is 54.1 Å². The summed E-state index contributed by atoms with van der Waals surface area (Å²) in [6.45, 7) is 4.97. The third kappa shape index (κ3) is 6.88. The van der Waals surface area contributed by atoms with Crippen LogP contribution in [0.2, 0.25) is 0 Å². The molecule has 0 spiro atoms. The van der Waals surface area contributed by atoms with Crippen molar-refractivity contribution < 1.29 is 23.8 Å². The molecule has 0 aliphatic heterocycles. The number of hydrogen-bond acceptors (Lipinski definition) is 18. The average Bonchev–Trinajstić information content (AvgIpc) is 3.97. The Morgan fingerprint density at radius 3 is 1.60 bits per heavy atom. The van der Waals surface area contributed by atoms with Gasteiger partial charge in [0.2, 0.25) is 0 Å². The summed E-state index contributed by atoms with van der Waals surface area (Å²) in [6, 6.07) is 18.0. The molecule has 7 aromatic rings. The van der Waals surface area contributed by atoms with Crippen molar-refractivity contribution in [3.05, 3.63) is 95.1 Å². The molecule has 0 aliphatic rings. The van der Waals surface area contributed by atoms with Crippen LogP contribution in [0.25, 0.3) is 23.3 Å². The standard InChI is InChI=1S/C35H33N17O5/c1-18-24(32(54)56-5)30(50(46-18)22-15-11-8-12-16-22)45-43-26-20(3)48-52(28(26)37)34-39-33(40-35(41-34)57-6)51-27(36)25(19(2)47-51)42-44-29-23(31(53)55-4)17-38-49(29)21-13-9-7-10-14-21/h7-17H,36-37H2,1-6H3/b44-42+,45-43+. The van der Waals surface area contributed by atoms with Gasteiger partial charge in [-0.3, -0.25) is 0 Å². The predicted octanol–water partition coefficient (Wildman–Crippen LogP) is 5.12. The van der Waals surface area contributed by atoms with Crippen LogP contribution in [-0.2, 0) is 9.47 Å². The van der Waals surface area contributed by atoms with Gasteiger partial charge in [0.05, 0.1) is 56.0 Å². The van der Waals surface area contributed by atoms with E-state index in [0.29, 0.717) is 28.5 Å². The quantitative estimate of drug-likeness (QED) is 0.128. The van der Waals surface area contributed by atoms with Crippen molar-refractivity contribution in [3.8, 4) is 29.3 Å². The maximum Gasteiger partial charge on any atom is 0.343 e. The summed E-state index contributed by atoms with van der Waals surface area (Å²) < 4.78 is 20.7. The van der Waals surface area contributed by atoms with Crippen molar-refractivity contribution in [2.24, 2.45) is 20.5 Å². The number of nitrogens with zero attached hydrogens (tertiary/aromatic N) is 15. The molecule has 0 radical (unpaired) electrons. The number of azo groups is 2. The number of carbonyl (C=O) groups excluding carboxylic acids is 2. The second-order valence-corrected chi connectivity index (χ2v) is 11.9. The zero-order valence-electron chi connectivity index (χ0n) is 31.3. The van der Waals surface area contributed by atoms with Gasteiger partial charge in [0.25, 0.3) is 11.9 Å². The fourth-order valence-corrected chi connectivity index (χ4v) is 5.58. The molecule has 5 heterocycles. The van der Waals surface area contributed by atoms with Gasteiger partial charge in [-0.15, -0.1) is 20.5 Å². The Bertz CT molecular complexity index is 2690. The average molecular weight is 772 g/mol. The van der Waals surface area contributed by atoms with Crippen LogP contribution >= 0.6 is 0 Å². The largest absolute Gasteiger partial charge is 0.467 e. The van der Waals surface area contributed by atoms with Crippen LogP contribution in [0.3, 0.4) is 0 Å². The number of anilines is 2. The molecule has 0 unspecified atom stereocenters. The number of rotatable bonds is 11. The van der Waals surface area contributed by atoms with Crippen LogP contribution in [0.1, 0.15) is 37.8 Å². The van der Waals surface area contributed by atoms with E-state index in [1.54, 1.807) is 45.0 Å². The minimum absolute atomic E-state index is 0.00638. The number of methoxy groups -OCH3 is 3. The highest BCUT2D eigenvalue weighted by Crippen LogP contribution is 2.35. The summed E-state index contributed by atoms with van der Waals surface area (Å²) in [4.78, 5) is 38.6. The Hall–Kier alpha value is -8.17. The van der Waals surface area contributed by atoms with Crippen molar-refractivity contribution in [1.29, 1.82) is 0 Å². The summed E-state index contributed by atoms with van der Waals surface area (Å²) in [5.41, 5.74) is 16.0. The molecule has 0 saturated heterocycles. The number of aryl methyl sites for hydroxylation is 3. The number of nitrogen functional groups attached to an aromatic ring is 2. The molecule has 0 atom stereocenters. The van der Waals surface area contributed by atoms with Crippen LogP contribution in [0.15, 0.2) is 87.3 Å². The fraction of sp³-hybridized carbons (Fsp3) is 0.171. The monoisotopic (exact) mass is 771 g/mol. The van der Waals surface area contributed by atoms with Gasteiger partial charge in [-0.05, 0) is 45.0 Å². The van der Waals surface area contributed by atoms with Gasteiger partial charge in [-0.2, -0.15) is 44.7 Å². The highest BCUT2D eigenvalue weighted by Gasteiger charge is 2.26. The van der Waals surface area contributed by atoms with E-state index in [-0.39, 0.29) is 63.7 Å². The van der Waals surface area contributed by atoms with Gasteiger partial charge < -0.3 is 25.7 Å². The van der Waals surface area contributed by atoms with Crippen LogP contribution in [-0.4, -0.2) is 87.3 Å². The van der Waals surface area contributed by atoms with Gasteiger partial charge in [-0.25, -0.2) is 19.0 Å². The van der Waals surface area contributed by atoms with Crippen molar-refractivity contribution in [2.45, 2.75) is 20.8 Å². The number of aromatic nitrogens is 11. The Labute approximate surface area is 322 Å². The lowest BCUT2D eigenvalue weighted by Gasteiger charge is -2.08. The van der Waals surface area contributed by atoms with Gasteiger partial charge in [0, 0.05) is 0 Å². The molecular weight excluding hydrogens is 738 g/mol. The van der Waals surface area contributed by atoms with Crippen LogP contribution in [0, 0.1) is 20.8 Å². The summed E-state index contributed by atoms with van der Waals surface area (Å²) >= 11 is 0. The molecule has 0 bridgehead atoms. The van der Waals surface area contributed by atoms with Crippen molar-refractivity contribution >= 4 is 46.6 Å². The van der Waals surface area contributed by atoms with E-state index in [4.69, 9.17) is 25.7 Å². The van der Waals surface area contributed by atoms with Crippen LogP contribution in [0.4, 0.5) is 34.6 Å². The predicted molar refractivity (Wildman–Crippen MR) is 202 cm³/mol. The molecule has 0 aliphatic carbocycles. The Morgan fingerprint density at radius 2 is 1.09 bits per heavy atom. The molecule has 2 aromatic carbocycles. The third-order valence-corrected chi connectivity index (χ3v) is 8.35. The summed E-state index contributed by atoms with van der Waals surface area (Å²) in [6.07, 6.45) is 1.33. The maximum absolute atomic E-state index is 12.8. The SMILES string of the molecule is COC(=O)c1cnn(-c2ccccc2)c1/N=N/c1c(C)nn(-c2nc(OC)nc(-n3nc(C)c(/N=N/c4c(C(=O)OC)c(C)nn4-c4ccccc4)c3N)n2)c1N. The number of para-hydroxylation sites is 2. The zero-order valence-corrected chi connectivity index (χ0v) is 31.3. The molecular formula is C35H33N17O5. The normalized spacial score (nSPS) is 11.5. The van der Waals surface area contributed by atoms with E-state index >= 15 is 0 Å². The van der Waals surface area contributed by atoms with Crippen LogP contribution in [0.5, 0.6) is 6.01 Å². The molecule has 0 amide bonds. The first-order valence-electron chi connectivity index (χ1n) is 16.8. The smallest absolute Gasteiger partial charge is 0.343 e. The lowest BCUT2D eigenvalue weighted by atomic mass is 10.2. The minimum Gasteiger partial charge on any atom is -0.467 e. The number of carbonyl (C=O) groups is 2. The van der Waals surface area contributed by atoms with E-state index in [2.05, 4.69) is 55.8 Å². The summed E-state index contributed by atoms with van der Waals surface area (Å²) in [5.74, 6) is -1.26. The lowest BCUT2D eigenvalue weighted by molar-refractivity contribution is 0.0592. The summed E-state index contributed by atoms with van der Waals surface area (Å²) in [7, 11) is 3.88. The van der Waals surface area contributed by atoms with E-state index in [1.165, 1.54) is 46.3 Å². The number of hydrogen-bond donors (Lipinski definition) is 2. The third-order valence-electron chi connectivity index (χ3n) is 8.35. The number of benzene rings is 2. The van der Waals surface area contributed by atoms with E-state index < -0.39 is 11.9 Å². The number of esters is 2. The second kappa shape index (κ2) is 15.3. The molecule has 0 fully saturated rings. The van der Waals surface area contributed by atoms with E-state index in [1.807, 2.05) is 36.4 Å². The van der Waals surface area contributed by atoms with E-state index in [9.17, 15) is 9.59 Å². The topological polar surface area (TPSA) is 273 Å². The van der Waals surface area contributed by atoms with Gasteiger partial charge >= 0.3 is 17.9 Å². The fourth-order valence-electron chi connectivity index (χ4n) is 5.58. The van der Waals surface area contributed by atoms with Crippen LogP contribution < -0.4 is 16.2 Å². The van der Waals surface area contributed by atoms with Gasteiger partial charge in [0.15, 0.2) is 34.6 Å². The first-order valence-corrected chi connectivity index (χ1v) is 16.8. The molecule has 4 N–H and O–H groups in total.